The number of rotatable bonds is 11. The first-order valence-electron chi connectivity index (χ1n) is 13.3. The Balaban J connectivity index is 0.000000359. The number of aromatic nitrogens is 3. The number of esters is 2. The van der Waals surface area contributed by atoms with Crippen LogP contribution >= 0.6 is 35.6 Å². The van der Waals surface area contributed by atoms with E-state index in [1.165, 1.54) is 36.9 Å². The van der Waals surface area contributed by atoms with Crippen molar-refractivity contribution < 1.29 is 27.8 Å². The highest BCUT2D eigenvalue weighted by Crippen LogP contribution is 2.34. The second kappa shape index (κ2) is 18.1. The molecule has 1 aromatic heterocycles. The molecule has 2 atom stereocenters. The maximum absolute atomic E-state index is 13.2. The predicted molar refractivity (Wildman–Crippen MR) is 168 cm³/mol. The summed E-state index contributed by atoms with van der Waals surface area (Å²) in [6, 6.07) is 14.8. The normalized spacial score (nSPS) is 11.7. The lowest BCUT2D eigenvalue weighted by molar-refractivity contribution is -0.145. The highest BCUT2D eigenvalue weighted by Gasteiger charge is 2.23. The van der Waals surface area contributed by atoms with E-state index in [1.807, 2.05) is 0 Å². The monoisotopic (exact) mass is 669 g/mol. The summed E-state index contributed by atoms with van der Waals surface area (Å²) in [5.41, 5.74) is 7.97. The zero-order valence-electron chi connectivity index (χ0n) is 23.9. The van der Waals surface area contributed by atoms with E-state index in [-0.39, 0.29) is 49.7 Å². The molecule has 0 saturated heterocycles. The molecule has 4 aromatic rings. The molecule has 0 aliphatic heterocycles. The first kappa shape index (κ1) is 36.4. The standard InChI is InChI=1S/C19H17Cl2FN4O2.C11H14FNO2.ClH/c1-2-28-19(27)15(12-3-5-13(22)6-4-12)9-23-18-16(20)7-14(8-17(18)21)26-10-24-25-11-26;1-2-15-11(14)10(7-13)8-3-5-9(12)6-4-8;/h3-8,10-11,15,23H,2,9H2,1H3;3-6,10H,2,7,13H2,1H3;1H. The minimum Gasteiger partial charge on any atom is -0.465 e. The first-order valence-corrected chi connectivity index (χ1v) is 14.1. The first-order chi connectivity index (χ1) is 20.7. The van der Waals surface area contributed by atoms with Gasteiger partial charge in [-0.25, -0.2) is 8.78 Å². The minimum atomic E-state index is -0.648. The number of carbonyl (C=O) groups excluding carboxylic acids is 2. The van der Waals surface area contributed by atoms with Gasteiger partial charge in [0.05, 0.1) is 46.5 Å². The Morgan fingerprint density at radius 1 is 0.841 bits per heavy atom. The molecule has 0 spiro atoms. The van der Waals surface area contributed by atoms with Gasteiger partial charge in [0.25, 0.3) is 0 Å². The van der Waals surface area contributed by atoms with Gasteiger partial charge in [0.2, 0.25) is 0 Å². The molecule has 3 N–H and O–H groups in total. The Bertz CT molecular complexity index is 1450. The van der Waals surface area contributed by atoms with Crippen LogP contribution in [0.3, 0.4) is 0 Å². The summed E-state index contributed by atoms with van der Waals surface area (Å²) in [7, 11) is 0. The van der Waals surface area contributed by atoms with Crippen LogP contribution in [0.15, 0.2) is 73.3 Å². The molecule has 0 radical (unpaired) electrons. The predicted octanol–water partition coefficient (Wildman–Crippen LogP) is 6.32. The molecule has 236 valence electrons. The third kappa shape index (κ3) is 10.2. The summed E-state index contributed by atoms with van der Waals surface area (Å²) >= 11 is 12.8. The topological polar surface area (TPSA) is 121 Å². The van der Waals surface area contributed by atoms with Crippen molar-refractivity contribution in [3.05, 3.63) is 106 Å². The lowest BCUT2D eigenvalue weighted by Gasteiger charge is -2.19. The molecular weight excluding hydrogens is 639 g/mol. The number of nitrogens with two attached hydrogens (primary N) is 1. The third-order valence-electron chi connectivity index (χ3n) is 6.15. The largest absolute Gasteiger partial charge is 0.465 e. The van der Waals surface area contributed by atoms with Gasteiger partial charge in [-0.2, -0.15) is 0 Å². The van der Waals surface area contributed by atoms with Gasteiger partial charge < -0.3 is 20.5 Å². The number of anilines is 1. The van der Waals surface area contributed by atoms with Crippen LogP contribution in [-0.2, 0) is 19.1 Å². The maximum Gasteiger partial charge on any atom is 0.315 e. The Morgan fingerprint density at radius 2 is 1.27 bits per heavy atom. The quantitative estimate of drug-likeness (QED) is 0.178. The van der Waals surface area contributed by atoms with Gasteiger partial charge in [-0.3, -0.25) is 14.2 Å². The van der Waals surface area contributed by atoms with Gasteiger partial charge in [0.15, 0.2) is 0 Å². The molecule has 0 fully saturated rings. The summed E-state index contributed by atoms with van der Waals surface area (Å²) in [5.74, 6) is -2.66. The van der Waals surface area contributed by atoms with E-state index in [2.05, 4.69) is 15.5 Å². The van der Waals surface area contributed by atoms with Crippen LogP contribution in [0, 0.1) is 11.6 Å². The summed E-state index contributed by atoms with van der Waals surface area (Å²) in [6.07, 6.45) is 3.06. The van der Waals surface area contributed by atoms with Crippen LogP contribution in [0.25, 0.3) is 5.69 Å². The van der Waals surface area contributed by atoms with E-state index in [4.69, 9.17) is 38.4 Å². The van der Waals surface area contributed by atoms with Crippen LogP contribution < -0.4 is 11.1 Å². The van der Waals surface area contributed by atoms with E-state index in [0.29, 0.717) is 39.2 Å². The van der Waals surface area contributed by atoms with Gasteiger partial charge in [-0.15, -0.1) is 22.6 Å². The molecular formula is C30H32Cl3F2N5O4. The fourth-order valence-electron chi connectivity index (χ4n) is 4.00. The average Bonchev–Trinajstić information content (AvgIpc) is 3.53. The lowest BCUT2D eigenvalue weighted by atomic mass is 9.99. The summed E-state index contributed by atoms with van der Waals surface area (Å²) < 4.78 is 37.6. The van der Waals surface area contributed by atoms with Crippen LogP contribution in [0.1, 0.15) is 36.8 Å². The molecule has 1 heterocycles. The number of benzene rings is 3. The molecule has 0 aliphatic rings. The number of nitrogens with one attached hydrogen (secondary N) is 1. The van der Waals surface area contributed by atoms with Crippen molar-refractivity contribution in [2.24, 2.45) is 5.73 Å². The van der Waals surface area contributed by atoms with E-state index in [0.717, 1.165) is 0 Å². The van der Waals surface area contributed by atoms with Crippen LogP contribution in [0.4, 0.5) is 14.5 Å². The molecule has 0 bridgehead atoms. The highest BCUT2D eigenvalue weighted by molar-refractivity contribution is 6.39. The third-order valence-corrected chi connectivity index (χ3v) is 6.75. The molecule has 3 aromatic carbocycles. The Morgan fingerprint density at radius 3 is 1.70 bits per heavy atom. The fraction of sp³-hybridized carbons (Fsp3) is 0.267. The SMILES string of the molecule is CCOC(=O)C(CN)c1ccc(F)cc1.CCOC(=O)C(CNc1c(Cl)cc(-n2cnnc2)cc1Cl)c1ccc(F)cc1.Cl. The molecule has 2 unspecified atom stereocenters. The van der Waals surface area contributed by atoms with Gasteiger partial charge in [0.1, 0.15) is 24.3 Å². The number of carbonyl (C=O) groups is 2. The van der Waals surface area contributed by atoms with Gasteiger partial charge >= 0.3 is 11.9 Å². The average molecular weight is 671 g/mol. The van der Waals surface area contributed by atoms with Crippen LogP contribution in [0.2, 0.25) is 10.0 Å². The molecule has 0 saturated carbocycles. The zero-order chi connectivity index (χ0) is 31.4. The smallest absolute Gasteiger partial charge is 0.315 e. The van der Waals surface area contributed by atoms with Crippen molar-refractivity contribution in [1.82, 2.24) is 14.8 Å². The molecule has 14 heteroatoms. The van der Waals surface area contributed by atoms with Crippen molar-refractivity contribution in [2.75, 3.05) is 31.6 Å². The van der Waals surface area contributed by atoms with Crippen molar-refractivity contribution in [3.63, 3.8) is 0 Å². The molecule has 44 heavy (non-hydrogen) atoms. The fourth-order valence-corrected chi connectivity index (χ4v) is 4.61. The highest BCUT2D eigenvalue weighted by atomic mass is 35.5. The van der Waals surface area contributed by atoms with E-state index in [1.54, 1.807) is 54.8 Å². The zero-order valence-corrected chi connectivity index (χ0v) is 26.2. The summed E-state index contributed by atoms with van der Waals surface area (Å²) in [6.45, 7) is 4.35. The van der Waals surface area contributed by atoms with Crippen molar-refractivity contribution >= 4 is 53.2 Å². The lowest BCUT2D eigenvalue weighted by Crippen LogP contribution is -2.23. The Labute approximate surface area is 270 Å². The van der Waals surface area contributed by atoms with E-state index >= 15 is 0 Å². The number of nitrogens with zero attached hydrogens (tertiary/aromatic N) is 3. The maximum atomic E-state index is 13.2. The van der Waals surface area contributed by atoms with Gasteiger partial charge in [0, 0.05) is 13.1 Å². The number of hydrogen-bond donors (Lipinski definition) is 2. The minimum absolute atomic E-state index is 0. The summed E-state index contributed by atoms with van der Waals surface area (Å²) in [4.78, 5) is 23.9. The Hall–Kier alpha value is -3.77. The molecule has 0 amide bonds. The Kier molecular flexibility index (Phi) is 15.0. The van der Waals surface area contributed by atoms with E-state index in [9.17, 15) is 18.4 Å². The van der Waals surface area contributed by atoms with Crippen molar-refractivity contribution in [1.29, 1.82) is 0 Å². The van der Waals surface area contributed by atoms with Crippen molar-refractivity contribution in [3.8, 4) is 5.69 Å². The van der Waals surface area contributed by atoms with Gasteiger partial charge in [-0.1, -0.05) is 47.5 Å². The van der Waals surface area contributed by atoms with Crippen LogP contribution in [-0.4, -0.2) is 53.0 Å². The number of halogens is 5. The van der Waals surface area contributed by atoms with Crippen molar-refractivity contribution in [2.45, 2.75) is 25.7 Å². The molecule has 0 aliphatic carbocycles. The second-order valence-corrected chi connectivity index (χ2v) is 9.80. The number of ether oxygens (including phenoxy) is 2. The van der Waals surface area contributed by atoms with Crippen LogP contribution in [0.5, 0.6) is 0 Å². The van der Waals surface area contributed by atoms with Gasteiger partial charge in [-0.05, 0) is 61.4 Å². The molecule has 9 nitrogen and oxygen atoms in total. The second-order valence-electron chi connectivity index (χ2n) is 8.98. The summed E-state index contributed by atoms with van der Waals surface area (Å²) in [5, 5.41) is 11.4. The molecule has 4 rings (SSSR count). The number of hydrogen-bond acceptors (Lipinski definition) is 8. The van der Waals surface area contributed by atoms with E-state index < -0.39 is 17.8 Å².